The highest BCUT2D eigenvalue weighted by Gasteiger charge is 2.18. The van der Waals surface area contributed by atoms with E-state index in [-0.39, 0.29) is 0 Å². The average Bonchev–Trinajstić information content (AvgIpc) is 3.33. The molecule has 6 heteroatoms. The fraction of sp³-hybridized carbons (Fsp3) is 0.263. The van der Waals surface area contributed by atoms with Crippen LogP contribution in [0.2, 0.25) is 5.15 Å². The molecule has 0 amide bonds. The van der Waals surface area contributed by atoms with Gasteiger partial charge in [-0.25, -0.2) is 4.98 Å². The summed E-state index contributed by atoms with van der Waals surface area (Å²) < 4.78 is 7.94. The molecule has 1 saturated heterocycles. The summed E-state index contributed by atoms with van der Waals surface area (Å²) in [7, 11) is 0. The second-order valence-corrected chi connectivity index (χ2v) is 6.58. The van der Waals surface area contributed by atoms with Gasteiger partial charge in [-0.15, -0.1) is 0 Å². The molecule has 1 aliphatic rings. The first-order valence-corrected chi connectivity index (χ1v) is 8.62. The summed E-state index contributed by atoms with van der Waals surface area (Å²) in [6, 6.07) is 11.5. The van der Waals surface area contributed by atoms with Crippen molar-refractivity contribution in [2.45, 2.75) is 6.42 Å². The van der Waals surface area contributed by atoms with E-state index in [1.165, 1.54) is 0 Å². The molecule has 5 nitrogen and oxygen atoms in total. The Hall–Kier alpha value is -2.55. The summed E-state index contributed by atoms with van der Waals surface area (Å²) in [5.74, 6) is 1.30. The SMILES string of the molecule is N#Cc1ccc(-c2cc(OC[C@@H]3CCNC3)c3cncn3c2Cl)cc1. The van der Waals surface area contributed by atoms with Crippen molar-refractivity contribution in [1.82, 2.24) is 14.7 Å². The molecule has 1 aliphatic heterocycles. The van der Waals surface area contributed by atoms with Crippen LogP contribution >= 0.6 is 11.6 Å². The van der Waals surface area contributed by atoms with Gasteiger partial charge in [-0.2, -0.15) is 5.26 Å². The third-order valence-corrected chi connectivity index (χ3v) is 4.95. The molecule has 126 valence electrons. The topological polar surface area (TPSA) is 62.3 Å². The first-order valence-electron chi connectivity index (χ1n) is 8.25. The molecule has 1 N–H and O–H groups in total. The maximum atomic E-state index is 8.97. The maximum absolute atomic E-state index is 8.97. The van der Waals surface area contributed by atoms with E-state index in [9.17, 15) is 0 Å². The predicted octanol–water partition coefficient (Wildman–Crippen LogP) is 3.51. The van der Waals surface area contributed by atoms with Crippen molar-refractivity contribution < 1.29 is 4.74 Å². The van der Waals surface area contributed by atoms with Gasteiger partial charge in [-0.05, 0) is 36.7 Å². The van der Waals surface area contributed by atoms with E-state index in [1.807, 2.05) is 22.6 Å². The maximum Gasteiger partial charge on any atom is 0.145 e. The highest BCUT2D eigenvalue weighted by molar-refractivity contribution is 6.32. The fourth-order valence-corrected chi connectivity index (χ4v) is 3.43. The van der Waals surface area contributed by atoms with Crippen LogP contribution in [0.3, 0.4) is 0 Å². The summed E-state index contributed by atoms with van der Waals surface area (Å²) in [4.78, 5) is 4.21. The van der Waals surface area contributed by atoms with Crippen LogP contribution in [0, 0.1) is 17.2 Å². The van der Waals surface area contributed by atoms with Gasteiger partial charge in [-0.3, -0.25) is 4.40 Å². The number of ether oxygens (including phenoxy) is 1. The minimum Gasteiger partial charge on any atom is -0.491 e. The van der Waals surface area contributed by atoms with E-state index < -0.39 is 0 Å². The van der Waals surface area contributed by atoms with Gasteiger partial charge in [-0.1, -0.05) is 23.7 Å². The molecule has 0 saturated carbocycles. The van der Waals surface area contributed by atoms with E-state index >= 15 is 0 Å². The normalized spacial score (nSPS) is 16.9. The van der Waals surface area contributed by atoms with Crippen LogP contribution in [0.4, 0.5) is 0 Å². The lowest BCUT2D eigenvalue weighted by molar-refractivity contribution is 0.262. The van der Waals surface area contributed by atoms with Crippen LogP contribution in [0.25, 0.3) is 16.6 Å². The van der Waals surface area contributed by atoms with E-state index in [1.54, 1.807) is 24.7 Å². The van der Waals surface area contributed by atoms with Gasteiger partial charge >= 0.3 is 0 Å². The molecule has 1 aromatic carbocycles. The average molecular weight is 353 g/mol. The van der Waals surface area contributed by atoms with Crippen LogP contribution in [0.1, 0.15) is 12.0 Å². The number of imidazole rings is 1. The van der Waals surface area contributed by atoms with Gasteiger partial charge in [0.15, 0.2) is 0 Å². The molecule has 4 rings (SSSR count). The molecule has 1 atom stereocenters. The van der Waals surface area contributed by atoms with Crippen LogP contribution in [-0.4, -0.2) is 29.1 Å². The highest BCUT2D eigenvalue weighted by Crippen LogP contribution is 2.35. The van der Waals surface area contributed by atoms with E-state index in [0.29, 0.717) is 23.2 Å². The van der Waals surface area contributed by atoms with Crippen molar-refractivity contribution in [3.8, 4) is 22.9 Å². The molecule has 0 bridgehead atoms. The molecule has 0 radical (unpaired) electrons. The third kappa shape index (κ3) is 3.07. The van der Waals surface area contributed by atoms with Gasteiger partial charge in [0.05, 0.1) is 24.4 Å². The molecule has 3 aromatic rings. The van der Waals surface area contributed by atoms with Crippen LogP contribution < -0.4 is 10.1 Å². The Morgan fingerprint density at radius 3 is 2.92 bits per heavy atom. The van der Waals surface area contributed by atoms with Crippen LogP contribution in [-0.2, 0) is 0 Å². The number of aromatic nitrogens is 2. The standard InChI is InChI=1S/C19H17ClN4O/c20-19-16(15-3-1-13(8-21)2-4-15)7-18(17-10-23-12-24(17)19)25-11-14-5-6-22-9-14/h1-4,7,10,12,14,22H,5-6,9,11H2/t14-/m1/s1. The Kier molecular flexibility index (Phi) is 4.31. The zero-order valence-electron chi connectivity index (χ0n) is 13.6. The van der Waals surface area contributed by atoms with Gasteiger partial charge in [0, 0.05) is 18.0 Å². The van der Waals surface area contributed by atoms with Crippen LogP contribution in [0.5, 0.6) is 5.75 Å². The summed E-state index contributed by atoms with van der Waals surface area (Å²) in [6.45, 7) is 2.71. The van der Waals surface area contributed by atoms with Crippen molar-refractivity contribution in [3.63, 3.8) is 0 Å². The quantitative estimate of drug-likeness (QED) is 0.730. The smallest absolute Gasteiger partial charge is 0.145 e. The molecule has 3 heterocycles. The van der Waals surface area contributed by atoms with E-state index in [2.05, 4.69) is 16.4 Å². The van der Waals surface area contributed by atoms with Crippen molar-refractivity contribution in [3.05, 3.63) is 53.6 Å². The summed E-state index contributed by atoms with van der Waals surface area (Å²) in [5, 5.41) is 12.9. The van der Waals surface area contributed by atoms with E-state index in [0.717, 1.165) is 41.9 Å². The molecular weight excluding hydrogens is 336 g/mol. The summed E-state index contributed by atoms with van der Waals surface area (Å²) in [5.41, 5.74) is 3.27. The molecular formula is C19H17ClN4O. The van der Waals surface area contributed by atoms with Crippen LogP contribution in [0.15, 0.2) is 42.9 Å². The van der Waals surface area contributed by atoms with Crippen molar-refractivity contribution >= 4 is 17.1 Å². The van der Waals surface area contributed by atoms with E-state index in [4.69, 9.17) is 21.6 Å². The van der Waals surface area contributed by atoms with Gasteiger partial charge in [0.1, 0.15) is 22.7 Å². The molecule has 2 aromatic heterocycles. The molecule has 1 fully saturated rings. The number of hydrogen-bond acceptors (Lipinski definition) is 4. The minimum atomic E-state index is 0.525. The lowest BCUT2D eigenvalue weighted by Crippen LogP contribution is -2.15. The predicted molar refractivity (Wildman–Crippen MR) is 96.8 cm³/mol. The van der Waals surface area contributed by atoms with Gasteiger partial charge in [0.2, 0.25) is 0 Å². The van der Waals surface area contributed by atoms with Gasteiger partial charge < -0.3 is 10.1 Å². The number of rotatable bonds is 4. The molecule has 0 unspecified atom stereocenters. The second-order valence-electron chi connectivity index (χ2n) is 6.22. The molecule has 0 aliphatic carbocycles. The first-order chi connectivity index (χ1) is 12.3. The number of hydrogen-bond donors (Lipinski definition) is 1. The third-order valence-electron chi connectivity index (χ3n) is 4.56. The largest absolute Gasteiger partial charge is 0.491 e. The number of nitriles is 1. The number of nitrogens with one attached hydrogen (secondary N) is 1. The monoisotopic (exact) mass is 352 g/mol. The molecule has 0 spiro atoms. The Morgan fingerprint density at radius 1 is 1.36 bits per heavy atom. The van der Waals surface area contributed by atoms with Crippen molar-refractivity contribution in [2.24, 2.45) is 5.92 Å². The lowest BCUT2D eigenvalue weighted by Gasteiger charge is -2.15. The number of fused-ring (bicyclic) bond motifs is 1. The Balaban J connectivity index is 1.73. The second kappa shape index (κ2) is 6.75. The zero-order valence-corrected chi connectivity index (χ0v) is 14.3. The van der Waals surface area contributed by atoms with Crippen molar-refractivity contribution in [1.29, 1.82) is 5.26 Å². The zero-order chi connectivity index (χ0) is 17.2. The highest BCUT2D eigenvalue weighted by atomic mass is 35.5. The minimum absolute atomic E-state index is 0.525. The number of pyridine rings is 1. The molecule has 25 heavy (non-hydrogen) atoms. The number of nitrogens with zero attached hydrogens (tertiary/aromatic N) is 3. The summed E-state index contributed by atoms with van der Waals surface area (Å²) >= 11 is 6.58. The Morgan fingerprint density at radius 2 is 2.20 bits per heavy atom. The Labute approximate surface area is 150 Å². The lowest BCUT2D eigenvalue weighted by atomic mass is 10.1. The number of benzene rings is 1. The summed E-state index contributed by atoms with van der Waals surface area (Å²) in [6.07, 6.45) is 4.58. The van der Waals surface area contributed by atoms with Gasteiger partial charge in [0.25, 0.3) is 0 Å². The number of halogens is 1. The fourth-order valence-electron chi connectivity index (χ4n) is 3.13. The first kappa shape index (κ1) is 15.9. The van der Waals surface area contributed by atoms with Crippen molar-refractivity contribution in [2.75, 3.05) is 19.7 Å². The Bertz CT molecular complexity index is 936.